The van der Waals surface area contributed by atoms with Crippen LogP contribution < -0.4 is 20.7 Å². The van der Waals surface area contributed by atoms with E-state index < -0.39 is 51.4 Å². The second-order valence-corrected chi connectivity index (χ2v) is 12.0. The van der Waals surface area contributed by atoms with Gasteiger partial charge in [-0.25, -0.2) is 4.79 Å². The van der Waals surface area contributed by atoms with Gasteiger partial charge in [-0.15, -0.1) is 11.8 Å². The third-order valence-electron chi connectivity index (χ3n) is 7.17. The molecule has 4 atom stereocenters. The zero-order valence-corrected chi connectivity index (χ0v) is 23.7. The van der Waals surface area contributed by atoms with Crippen LogP contribution in [0.4, 0.5) is 0 Å². The summed E-state index contributed by atoms with van der Waals surface area (Å²) in [5, 5.41) is 9.31. The van der Waals surface area contributed by atoms with Gasteiger partial charge in [0.05, 0.1) is 17.9 Å². The number of β-lactam (4-membered cyclic amide) rings is 1. The zero-order valence-electron chi connectivity index (χ0n) is 22.9. The summed E-state index contributed by atoms with van der Waals surface area (Å²) in [6, 6.07) is 11.7. The van der Waals surface area contributed by atoms with Crippen LogP contribution in [0.3, 0.4) is 0 Å². The number of rotatable bonds is 8. The maximum absolute atomic E-state index is 13.9. The maximum atomic E-state index is 13.9. The summed E-state index contributed by atoms with van der Waals surface area (Å²) in [6.07, 6.45) is 0.109. The molecule has 2 heterocycles. The molecule has 2 aliphatic rings. The SMILES string of the molecule is CC(=O)Oc1ccc(C(N)C(=O)NOC(=O)[C@]2(Cc3ccccc3)N3C(=O)[C@H](CO)[C@H]3SC2(C)C)cc1OC(C)=O. The summed E-state index contributed by atoms with van der Waals surface area (Å²) in [6.45, 7) is 5.61. The first-order valence-electron chi connectivity index (χ1n) is 12.8. The van der Waals surface area contributed by atoms with Gasteiger partial charge in [-0.05, 0) is 37.1 Å². The highest BCUT2D eigenvalue weighted by atomic mass is 32.2. The van der Waals surface area contributed by atoms with E-state index in [-0.39, 0.29) is 36.0 Å². The van der Waals surface area contributed by atoms with E-state index in [9.17, 15) is 29.1 Å². The van der Waals surface area contributed by atoms with Gasteiger partial charge in [0.15, 0.2) is 17.0 Å². The fraction of sp³-hybridized carbons (Fsp3) is 0.393. The van der Waals surface area contributed by atoms with E-state index >= 15 is 0 Å². The molecule has 1 unspecified atom stereocenters. The number of aliphatic hydroxyl groups excluding tert-OH is 1. The van der Waals surface area contributed by atoms with Crippen molar-refractivity contribution in [2.24, 2.45) is 11.7 Å². The number of thioether (sulfide) groups is 1. The summed E-state index contributed by atoms with van der Waals surface area (Å²) in [4.78, 5) is 69.6. The molecule has 218 valence electrons. The molecule has 12 nitrogen and oxygen atoms in total. The summed E-state index contributed by atoms with van der Waals surface area (Å²) >= 11 is 1.39. The van der Waals surface area contributed by atoms with Gasteiger partial charge in [0.1, 0.15) is 6.04 Å². The Hall–Kier alpha value is -3.94. The van der Waals surface area contributed by atoms with Crippen LogP contribution in [-0.2, 0) is 35.2 Å². The third-order valence-corrected chi connectivity index (χ3v) is 8.88. The van der Waals surface area contributed by atoms with Gasteiger partial charge >= 0.3 is 17.9 Å². The minimum absolute atomic E-state index is 0.0470. The van der Waals surface area contributed by atoms with Crippen molar-refractivity contribution < 1.29 is 43.4 Å². The van der Waals surface area contributed by atoms with Crippen molar-refractivity contribution in [2.75, 3.05) is 6.61 Å². The van der Waals surface area contributed by atoms with E-state index in [0.717, 1.165) is 12.5 Å². The summed E-state index contributed by atoms with van der Waals surface area (Å²) in [7, 11) is 0. The summed E-state index contributed by atoms with van der Waals surface area (Å²) < 4.78 is 9.26. The minimum atomic E-state index is -1.50. The molecule has 0 aliphatic carbocycles. The lowest BCUT2D eigenvalue weighted by atomic mass is 9.75. The Kier molecular flexibility index (Phi) is 8.43. The Morgan fingerprint density at radius 1 is 1.05 bits per heavy atom. The van der Waals surface area contributed by atoms with Gasteiger partial charge in [-0.3, -0.25) is 19.2 Å². The number of hydrogen-bond donors (Lipinski definition) is 3. The fourth-order valence-electron chi connectivity index (χ4n) is 5.12. The zero-order chi connectivity index (χ0) is 30.1. The number of aliphatic hydroxyl groups is 1. The molecular formula is C28H31N3O9S. The number of hydroxylamine groups is 1. The molecule has 2 aliphatic heterocycles. The van der Waals surface area contributed by atoms with Crippen LogP contribution in [-0.4, -0.2) is 62.0 Å². The predicted molar refractivity (Wildman–Crippen MR) is 146 cm³/mol. The minimum Gasteiger partial charge on any atom is -0.423 e. The van der Waals surface area contributed by atoms with E-state index in [2.05, 4.69) is 5.48 Å². The number of carbonyl (C=O) groups excluding carboxylic acids is 5. The van der Waals surface area contributed by atoms with Crippen molar-refractivity contribution in [1.82, 2.24) is 10.4 Å². The van der Waals surface area contributed by atoms with E-state index in [1.807, 2.05) is 44.2 Å². The molecule has 2 saturated heterocycles. The van der Waals surface area contributed by atoms with E-state index in [0.29, 0.717) is 0 Å². The van der Waals surface area contributed by atoms with Gasteiger partial charge < -0.3 is 30.1 Å². The number of benzene rings is 2. The van der Waals surface area contributed by atoms with Crippen LogP contribution in [0.5, 0.6) is 11.5 Å². The van der Waals surface area contributed by atoms with Crippen LogP contribution in [0, 0.1) is 5.92 Å². The third kappa shape index (κ3) is 5.52. The number of carbonyl (C=O) groups is 5. The number of nitrogens with one attached hydrogen (secondary N) is 1. The highest BCUT2D eigenvalue weighted by Crippen LogP contribution is 2.59. The number of hydrogen-bond acceptors (Lipinski definition) is 11. The summed E-state index contributed by atoms with van der Waals surface area (Å²) in [5.41, 5.74) is 7.66. The van der Waals surface area contributed by atoms with Crippen molar-refractivity contribution in [3.8, 4) is 11.5 Å². The lowest BCUT2D eigenvalue weighted by Crippen LogP contribution is -2.72. The molecule has 4 N–H and O–H groups in total. The Labute approximate surface area is 240 Å². The van der Waals surface area contributed by atoms with Crippen molar-refractivity contribution in [3.05, 3.63) is 59.7 Å². The van der Waals surface area contributed by atoms with Crippen molar-refractivity contribution in [1.29, 1.82) is 0 Å². The number of esters is 2. The smallest absolute Gasteiger partial charge is 0.359 e. The number of nitrogens with zero attached hydrogens (tertiary/aromatic N) is 1. The normalized spacial score (nSPS) is 23.1. The molecule has 0 aromatic heterocycles. The predicted octanol–water partition coefficient (Wildman–Crippen LogP) is 1.40. The Balaban J connectivity index is 1.57. The molecule has 0 radical (unpaired) electrons. The van der Waals surface area contributed by atoms with E-state index in [4.69, 9.17) is 20.0 Å². The number of nitrogens with two attached hydrogens (primary N) is 1. The Morgan fingerprint density at radius 3 is 2.29 bits per heavy atom. The van der Waals surface area contributed by atoms with Crippen LogP contribution in [0.1, 0.15) is 44.9 Å². The van der Waals surface area contributed by atoms with E-state index in [1.54, 1.807) is 0 Å². The second-order valence-electron chi connectivity index (χ2n) is 10.3. The monoisotopic (exact) mass is 585 g/mol. The highest BCUT2D eigenvalue weighted by Gasteiger charge is 2.72. The van der Waals surface area contributed by atoms with Crippen molar-refractivity contribution in [2.45, 2.75) is 55.8 Å². The molecular weight excluding hydrogens is 554 g/mol. The molecule has 0 saturated carbocycles. The fourth-order valence-corrected chi connectivity index (χ4v) is 6.92. The average Bonchev–Trinajstić information content (AvgIpc) is 3.11. The first kappa shape index (κ1) is 30.0. The Bertz CT molecular complexity index is 1380. The molecule has 0 bridgehead atoms. The van der Waals surface area contributed by atoms with Crippen LogP contribution in [0.15, 0.2) is 48.5 Å². The van der Waals surface area contributed by atoms with Crippen LogP contribution in [0.25, 0.3) is 0 Å². The molecule has 2 amide bonds. The van der Waals surface area contributed by atoms with Gasteiger partial charge in [-0.1, -0.05) is 36.4 Å². The molecule has 2 fully saturated rings. The van der Waals surface area contributed by atoms with E-state index in [1.165, 1.54) is 41.8 Å². The van der Waals surface area contributed by atoms with Crippen molar-refractivity contribution >= 4 is 41.5 Å². The first-order valence-corrected chi connectivity index (χ1v) is 13.6. The standard InChI is InChI=1S/C28H31N3O9S/c1-15(33)38-20-11-10-18(12-21(20)39-16(2)34)22(29)23(35)30-40-26(37)28(13-17-8-6-5-7-9-17)27(3,4)41-25-19(14-32)24(36)31(25)28/h5-12,19,22,25,32H,13-14,29H2,1-4H3,(H,30,35)/t19-,22?,25+,28-/m0/s1. The average molecular weight is 586 g/mol. The molecule has 0 spiro atoms. The molecule has 13 heteroatoms. The second kappa shape index (κ2) is 11.5. The van der Waals surface area contributed by atoms with Gasteiger partial charge in [0, 0.05) is 25.0 Å². The summed E-state index contributed by atoms with van der Waals surface area (Å²) in [5.74, 6) is -4.29. The number of amides is 2. The first-order chi connectivity index (χ1) is 19.3. The Morgan fingerprint density at radius 2 is 1.68 bits per heavy atom. The quantitative estimate of drug-likeness (QED) is 0.177. The lowest BCUT2D eigenvalue weighted by Gasteiger charge is -2.50. The number of fused-ring (bicyclic) bond motifs is 1. The van der Waals surface area contributed by atoms with Crippen molar-refractivity contribution in [3.63, 3.8) is 0 Å². The molecule has 41 heavy (non-hydrogen) atoms. The van der Waals surface area contributed by atoms with Gasteiger partial charge in [0.25, 0.3) is 5.91 Å². The largest absolute Gasteiger partial charge is 0.423 e. The molecule has 2 aromatic rings. The number of ether oxygens (including phenoxy) is 2. The van der Waals surface area contributed by atoms with Gasteiger partial charge in [-0.2, -0.15) is 5.48 Å². The maximum Gasteiger partial charge on any atom is 0.359 e. The lowest BCUT2D eigenvalue weighted by molar-refractivity contribution is -0.185. The molecule has 4 rings (SSSR count). The van der Waals surface area contributed by atoms with Crippen LogP contribution >= 0.6 is 11.8 Å². The molecule has 2 aromatic carbocycles. The van der Waals surface area contributed by atoms with Gasteiger partial charge in [0.2, 0.25) is 5.91 Å². The highest BCUT2D eigenvalue weighted by molar-refractivity contribution is 8.01. The topological polar surface area (TPSA) is 175 Å². The van der Waals surface area contributed by atoms with Crippen LogP contribution in [0.2, 0.25) is 0 Å².